The molecule has 2 aliphatic heterocycles. The van der Waals surface area contributed by atoms with Gasteiger partial charge in [0.15, 0.2) is 0 Å². The zero-order valence-electron chi connectivity index (χ0n) is 20.4. The van der Waals surface area contributed by atoms with Crippen molar-refractivity contribution >= 4 is 50.3 Å². The van der Waals surface area contributed by atoms with Crippen molar-refractivity contribution < 1.29 is 17.9 Å². The fraction of sp³-hybridized carbons (Fsp3) is 0.269. The van der Waals surface area contributed by atoms with Gasteiger partial charge in [-0.1, -0.05) is 54.3 Å². The molecule has 3 aromatic rings. The van der Waals surface area contributed by atoms with Crippen LogP contribution >= 0.6 is 24.0 Å². The third kappa shape index (κ3) is 5.27. The molecule has 0 spiro atoms. The van der Waals surface area contributed by atoms with E-state index in [-0.39, 0.29) is 16.9 Å². The number of thioether (sulfide) groups is 1. The quantitative estimate of drug-likeness (QED) is 0.320. The van der Waals surface area contributed by atoms with Crippen molar-refractivity contribution in [3.05, 3.63) is 71.3 Å². The maximum absolute atomic E-state index is 13.3. The molecular weight excluding hydrogens is 529 g/mol. The monoisotopic (exact) mass is 554 g/mol. The van der Waals surface area contributed by atoms with E-state index in [9.17, 15) is 13.2 Å². The summed E-state index contributed by atoms with van der Waals surface area (Å²) in [5, 5.41) is 4.78. The van der Waals surface area contributed by atoms with E-state index in [0.29, 0.717) is 39.2 Å². The summed E-state index contributed by atoms with van der Waals surface area (Å²) in [5.74, 6) is -0.159. The van der Waals surface area contributed by atoms with Gasteiger partial charge in [0.2, 0.25) is 10.0 Å². The van der Waals surface area contributed by atoms with Crippen molar-refractivity contribution in [3.63, 3.8) is 0 Å². The van der Waals surface area contributed by atoms with Crippen molar-refractivity contribution in [2.45, 2.75) is 23.8 Å². The zero-order chi connectivity index (χ0) is 26.2. The second-order valence-corrected chi connectivity index (χ2v) is 12.8. The summed E-state index contributed by atoms with van der Waals surface area (Å²) >= 11 is 6.77. The lowest BCUT2D eigenvalue weighted by Gasteiger charge is -2.18. The number of rotatable bonds is 7. The van der Waals surface area contributed by atoms with Crippen LogP contribution in [0.3, 0.4) is 0 Å². The molecule has 0 N–H and O–H groups in total. The number of aromatic nitrogens is 2. The highest BCUT2D eigenvalue weighted by Gasteiger charge is 2.35. The van der Waals surface area contributed by atoms with Gasteiger partial charge in [0.25, 0.3) is 5.91 Å². The van der Waals surface area contributed by atoms with E-state index in [1.54, 1.807) is 33.9 Å². The van der Waals surface area contributed by atoms with Crippen LogP contribution in [-0.2, 0) is 19.6 Å². The van der Waals surface area contributed by atoms with Gasteiger partial charge in [-0.25, -0.2) is 17.4 Å². The summed E-state index contributed by atoms with van der Waals surface area (Å²) < 4.78 is 34.7. The average molecular weight is 555 g/mol. The lowest BCUT2D eigenvalue weighted by molar-refractivity contribution is -0.123. The summed E-state index contributed by atoms with van der Waals surface area (Å²) in [6, 6.07) is 16.3. The van der Waals surface area contributed by atoms with Gasteiger partial charge in [0, 0.05) is 38.0 Å². The lowest BCUT2D eigenvalue weighted by atomic mass is 10.1. The Morgan fingerprint density at radius 3 is 2.68 bits per heavy atom. The first-order chi connectivity index (χ1) is 17.7. The first kappa shape index (κ1) is 25.8. The number of thiocarbonyl (C=S) groups is 1. The van der Waals surface area contributed by atoms with Crippen molar-refractivity contribution in [1.82, 2.24) is 19.0 Å². The van der Waals surface area contributed by atoms with Crippen LogP contribution in [0.15, 0.2) is 70.6 Å². The number of ether oxygens (including phenoxy) is 1. The van der Waals surface area contributed by atoms with Crippen molar-refractivity contribution in [1.29, 1.82) is 0 Å². The van der Waals surface area contributed by atoms with Crippen LogP contribution < -0.4 is 0 Å². The number of sulfonamides is 1. The number of nitrogens with zero attached hydrogens (tertiary/aromatic N) is 4. The zero-order valence-corrected chi connectivity index (χ0v) is 22.9. The van der Waals surface area contributed by atoms with Crippen LogP contribution in [0.5, 0.6) is 0 Å². The van der Waals surface area contributed by atoms with E-state index < -0.39 is 10.0 Å². The van der Waals surface area contributed by atoms with Crippen molar-refractivity contribution in [2.24, 2.45) is 0 Å². The number of carbonyl (C=O) groups excluding carboxylic acids is 1. The number of hydrogen-bond acceptors (Lipinski definition) is 7. The Bertz CT molecular complexity index is 1480. The maximum atomic E-state index is 13.3. The van der Waals surface area contributed by atoms with Crippen molar-refractivity contribution in [3.8, 4) is 16.9 Å². The molecule has 0 bridgehead atoms. The molecule has 1 atom stereocenters. The van der Waals surface area contributed by atoms with Gasteiger partial charge in [-0.2, -0.15) is 5.10 Å². The second-order valence-electron chi connectivity index (χ2n) is 8.96. The first-order valence-corrected chi connectivity index (χ1v) is 14.5. The molecule has 2 saturated heterocycles. The maximum Gasteiger partial charge on any atom is 0.266 e. The van der Waals surface area contributed by atoms with Crippen LogP contribution in [0.25, 0.3) is 23.0 Å². The molecule has 0 unspecified atom stereocenters. The molecule has 0 radical (unpaired) electrons. The highest BCUT2D eigenvalue weighted by atomic mass is 32.2. The molecule has 2 fully saturated rings. The number of benzene rings is 2. The molecule has 192 valence electrons. The first-order valence-electron chi connectivity index (χ1n) is 11.8. The number of amides is 1. The van der Waals surface area contributed by atoms with Crippen LogP contribution in [-0.4, -0.2) is 71.0 Å². The van der Waals surface area contributed by atoms with E-state index in [0.717, 1.165) is 18.5 Å². The average Bonchev–Trinajstić information content (AvgIpc) is 3.62. The predicted octanol–water partition coefficient (Wildman–Crippen LogP) is 4.17. The molecule has 1 amide bonds. The third-order valence-corrected chi connectivity index (χ3v) is 9.41. The Morgan fingerprint density at radius 2 is 1.97 bits per heavy atom. The smallest absolute Gasteiger partial charge is 0.266 e. The van der Waals surface area contributed by atoms with E-state index in [2.05, 4.69) is 0 Å². The standard InChI is InChI=1S/C26H26N4O4S3/c1-28(2)37(32,33)22-12-6-8-18(14-22)24-19(16-30(27-24)20-9-4-3-5-10-20)15-23-25(31)29(26(35)36-23)17-21-11-7-13-34-21/h3-6,8-10,12,14-16,21H,7,11,13,17H2,1-2H3/b23-15+/t21-/m0/s1. The number of hydrogen-bond donors (Lipinski definition) is 0. The highest BCUT2D eigenvalue weighted by Crippen LogP contribution is 2.36. The van der Waals surface area contributed by atoms with Gasteiger partial charge in [-0.3, -0.25) is 9.69 Å². The molecule has 11 heteroatoms. The Balaban J connectivity index is 1.56. The molecule has 5 rings (SSSR count). The van der Waals surface area contributed by atoms with Gasteiger partial charge in [0.1, 0.15) is 10.0 Å². The molecule has 37 heavy (non-hydrogen) atoms. The summed E-state index contributed by atoms with van der Waals surface area (Å²) in [6.07, 6.45) is 5.52. The van der Waals surface area contributed by atoms with E-state index >= 15 is 0 Å². The Kier molecular flexibility index (Phi) is 7.32. The highest BCUT2D eigenvalue weighted by molar-refractivity contribution is 8.26. The molecular formula is C26H26N4O4S3. The summed E-state index contributed by atoms with van der Waals surface area (Å²) in [6.45, 7) is 1.16. The molecule has 0 saturated carbocycles. The predicted molar refractivity (Wildman–Crippen MR) is 149 cm³/mol. The SMILES string of the molecule is CN(C)S(=O)(=O)c1cccc(-c2nn(-c3ccccc3)cc2/C=C2/SC(=S)N(C[C@@H]3CCCO3)C2=O)c1. The fourth-order valence-corrected chi connectivity index (χ4v) is 6.45. The third-order valence-electron chi connectivity index (χ3n) is 6.22. The summed E-state index contributed by atoms with van der Waals surface area (Å²) in [7, 11) is -0.641. The minimum atomic E-state index is -3.63. The van der Waals surface area contributed by atoms with Crippen LogP contribution in [0, 0.1) is 0 Å². The fourth-order valence-electron chi connectivity index (χ4n) is 4.24. The minimum Gasteiger partial charge on any atom is -0.376 e. The summed E-state index contributed by atoms with van der Waals surface area (Å²) in [4.78, 5) is 15.5. The molecule has 0 aliphatic carbocycles. The van der Waals surface area contributed by atoms with Gasteiger partial charge in [-0.05, 0) is 43.2 Å². The van der Waals surface area contributed by atoms with Gasteiger partial charge >= 0.3 is 0 Å². The summed E-state index contributed by atoms with van der Waals surface area (Å²) in [5.41, 5.74) is 2.70. The Labute approximate surface area is 226 Å². The molecule has 1 aromatic heterocycles. The topological polar surface area (TPSA) is 84.7 Å². The minimum absolute atomic E-state index is 0.000345. The van der Waals surface area contributed by atoms with Gasteiger partial charge in [-0.15, -0.1) is 0 Å². The van der Waals surface area contributed by atoms with Crippen LogP contribution in [0.2, 0.25) is 0 Å². The van der Waals surface area contributed by atoms with Crippen LogP contribution in [0.4, 0.5) is 0 Å². The second kappa shape index (κ2) is 10.5. The largest absolute Gasteiger partial charge is 0.376 e. The normalized spacial score (nSPS) is 19.5. The Hall–Kier alpha value is -2.83. The molecule has 2 aliphatic rings. The molecule has 3 heterocycles. The molecule has 8 nitrogen and oxygen atoms in total. The molecule has 2 aromatic carbocycles. The Morgan fingerprint density at radius 1 is 1.19 bits per heavy atom. The van der Waals surface area contributed by atoms with Gasteiger partial charge in [0.05, 0.1) is 28.1 Å². The van der Waals surface area contributed by atoms with Gasteiger partial charge < -0.3 is 4.74 Å². The van der Waals surface area contributed by atoms with E-state index in [1.807, 2.05) is 42.6 Å². The van der Waals surface area contributed by atoms with E-state index in [1.165, 1.54) is 30.2 Å². The van der Waals surface area contributed by atoms with Crippen molar-refractivity contribution in [2.75, 3.05) is 27.2 Å². The number of carbonyl (C=O) groups is 1. The van der Waals surface area contributed by atoms with E-state index in [4.69, 9.17) is 22.1 Å². The number of para-hydroxylation sites is 1. The lowest BCUT2D eigenvalue weighted by Crippen LogP contribution is -2.35. The van der Waals surface area contributed by atoms with Crippen LogP contribution in [0.1, 0.15) is 18.4 Å².